The molecule has 0 bridgehead atoms. The zero-order chi connectivity index (χ0) is 24.0. The van der Waals surface area contributed by atoms with Gasteiger partial charge in [0.05, 0.1) is 36.1 Å². The van der Waals surface area contributed by atoms with Crippen molar-refractivity contribution < 1.29 is 37.7 Å². The lowest BCUT2D eigenvalue weighted by Gasteiger charge is -2.57. The second-order valence-electron chi connectivity index (χ2n) is 11.6. The fraction of sp³-hybridized carbons (Fsp3) is 0.731. The summed E-state index contributed by atoms with van der Waals surface area (Å²) in [5.74, 6) is -0.833. The van der Waals surface area contributed by atoms with Gasteiger partial charge in [0.1, 0.15) is 24.6 Å². The molecule has 1 aromatic rings. The highest BCUT2D eigenvalue weighted by Gasteiger charge is 2.76. The van der Waals surface area contributed by atoms with Gasteiger partial charge in [-0.25, -0.2) is 4.79 Å². The van der Waals surface area contributed by atoms with E-state index in [1.165, 1.54) is 0 Å². The van der Waals surface area contributed by atoms with Gasteiger partial charge in [-0.15, -0.1) is 0 Å². The average molecular weight is 473 g/mol. The quantitative estimate of drug-likeness (QED) is 0.453. The molecule has 184 valence electrons. The number of fused-ring (bicyclic) bond motifs is 3. The molecule has 4 saturated heterocycles. The molecule has 1 aliphatic carbocycles. The lowest BCUT2D eigenvalue weighted by Crippen LogP contribution is -2.64. The summed E-state index contributed by atoms with van der Waals surface area (Å²) in [6.45, 7) is 8.27. The number of cyclic esters (lactones) is 2. The lowest BCUT2D eigenvalue weighted by atomic mass is 9.45. The summed E-state index contributed by atoms with van der Waals surface area (Å²) in [6.07, 6.45) is 3.03. The second-order valence-corrected chi connectivity index (χ2v) is 11.6. The number of furan rings is 1. The van der Waals surface area contributed by atoms with Crippen LogP contribution >= 0.6 is 0 Å². The number of esters is 2. The standard InChI is InChI=1S/C26H32O8/c1-13-5-6-15-25(4,22-21(32-22)23(29)33-20(13)14-7-8-30-11-14)17(27)9-16-24(2,3)34-18-10-19(28)31-12-26(15,16)18/h7-8,11,13,15-16,18,20-22H,5-6,9-10,12H2,1-4H3/t13-,15+,16+,18+,20-,21+,22+,25+,26-/m1/s1. The predicted molar refractivity (Wildman–Crippen MR) is 116 cm³/mol. The van der Waals surface area contributed by atoms with E-state index >= 15 is 0 Å². The summed E-state index contributed by atoms with van der Waals surface area (Å²) in [5, 5.41) is 0. The molecule has 8 nitrogen and oxygen atoms in total. The van der Waals surface area contributed by atoms with Crippen molar-refractivity contribution in [2.45, 2.75) is 83.4 Å². The van der Waals surface area contributed by atoms with Gasteiger partial charge in [0.15, 0.2) is 6.10 Å². The molecule has 0 amide bonds. The summed E-state index contributed by atoms with van der Waals surface area (Å²) in [5.41, 5.74) is -1.12. The SMILES string of the molecule is C[C@@H]1CC[C@H]2[C@@](C)(C(=O)C[C@H]3C(C)(C)O[C@H]4CC(=O)OC[C@]432)[C@H]2O[C@@H]2C(=O)O[C@H]1c1ccoc1. The van der Waals surface area contributed by atoms with E-state index in [9.17, 15) is 14.4 Å². The van der Waals surface area contributed by atoms with Crippen LogP contribution < -0.4 is 0 Å². The maximum Gasteiger partial charge on any atom is 0.338 e. The Labute approximate surface area is 198 Å². The van der Waals surface area contributed by atoms with Gasteiger partial charge in [-0.3, -0.25) is 9.59 Å². The van der Waals surface area contributed by atoms with Crippen LogP contribution in [0, 0.1) is 28.6 Å². The normalized spacial score (nSPS) is 47.4. The summed E-state index contributed by atoms with van der Waals surface area (Å²) in [6, 6.07) is 1.82. The molecular formula is C26H32O8. The van der Waals surface area contributed by atoms with Crippen molar-refractivity contribution in [1.29, 1.82) is 0 Å². The number of ether oxygens (including phenoxy) is 4. The van der Waals surface area contributed by atoms with Gasteiger partial charge in [-0.05, 0) is 51.5 Å². The Morgan fingerprint density at radius 2 is 1.79 bits per heavy atom. The van der Waals surface area contributed by atoms with Gasteiger partial charge in [-0.2, -0.15) is 0 Å². The first-order valence-corrected chi connectivity index (χ1v) is 12.3. The highest BCUT2D eigenvalue weighted by Crippen LogP contribution is 2.68. The molecule has 0 aromatic carbocycles. The van der Waals surface area contributed by atoms with E-state index in [4.69, 9.17) is 23.4 Å². The van der Waals surface area contributed by atoms with Crippen LogP contribution in [0.25, 0.3) is 0 Å². The van der Waals surface area contributed by atoms with Gasteiger partial charge in [0, 0.05) is 23.3 Å². The topological polar surface area (TPSA) is 105 Å². The van der Waals surface area contributed by atoms with Crippen LogP contribution in [0.1, 0.15) is 65.0 Å². The molecule has 0 unspecified atom stereocenters. The number of carbonyl (C=O) groups excluding carboxylic acids is 3. The smallest absolute Gasteiger partial charge is 0.338 e. The number of hydrogen-bond donors (Lipinski definition) is 0. The number of rotatable bonds is 1. The zero-order valence-electron chi connectivity index (χ0n) is 20.1. The molecule has 0 N–H and O–H groups in total. The summed E-state index contributed by atoms with van der Waals surface area (Å²) in [7, 11) is 0. The number of carbonyl (C=O) groups is 3. The maximum atomic E-state index is 13.8. The molecule has 1 aromatic heterocycles. The molecule has 34 heavy (non-hydrogen) atoms. The van der Waals surface area contributed by atoms with Crippen LogP contribution in [0.5, 0.6) is 0 Å². The van der Waals surface area contributed by atoms with Crippen LogP contribution in [-0.2, 0) is 33.3 Å². The van der Waals surface area contributed by atoms with E-state index in [0.29, 0.717) is 12.8 Å². The van der Waals surface area contributed by atoms with E-state index in [0.717, 1.165) is 12.0 Å². The molecule has 5 fully saturated rings. The molecule has 4 aliphatic heterocycles. The number of ketones is 1. The van der Waals surface area contributed by atoms with Crippen LogP contribution in [-0.4, -0.2) is 48.2 Å². The van der Waals surface area contributed by atoms with Crippen LogP contribution in [0.3, 0.4) is 0 Å². The molecule has 6 rings (SSSR count). The van der Waals surface area contributed by atoms with Crippen molar-refractivity contribution >= 4 is 17.7 Å². The Balaban J connectivity index is 1.45. The van der Waals surface area contributed by atoms with E-state index in [1.807, 2.05) is 26.8 Å². The van der Waals surface area contributed by atoms with E-state index in [1.54, 1.807) is 12.5 Å². The van der Waals surface area contributed by atoms with E-state index in [-0.39, 0.29) is 48.6 Å². The first-order chi connectivity index (χ1) is 16.1. The summed E-state index contributed by atoms with van der Waals surface area (Å²) < 4.78 is 29.3. The third-order valence-corrected chi connectivity index (χ3v) is 9.59. The van der Waals surface area contributed by atoms with E-state index in [2.05, 4.69) is 6.92 Å². The Morgan fingerprint density at radius 3 is 2.53 bits per heavy atom. The predicted octanol–water partition coefficient (Wildman–Crippen LogP) is 3.38. The maximum absolute atomic E-state index is 13.8. The Hall–Kier alpha value is -2.19. The van der Waals surface area contributed by atoms with Gasteiger partial charge in [0.25, 0.3) is 0 Å². The summed E-state index contributed by atoms with van der Waals surface area (Å²) in [4.78, 5) is 39.3. The van der Waals surface area contributed by atoms with Crippen molar-refractivity contribution in [3.05, 3.63) is 24.2 Å². The molecule has 1 spiro atoms. The number of epoxide rings is 1. The lowest BCUT2D eigenvalue weighted by molar-refractivity contribution is -0.187. The Kier molecular flexibility index (Phi) is 4.70. The highest BCUT2D eigenvalue weighted by atomic mass is 16.6. The van der Waals surface area contributed by atoms with E-state index < -0.39 is 40.7 Å². The monoisotopic (exact) mass is 472 g/mol. The summed E-state index contributed by atoms with van der Waals surface area (Å²) >= 11 is 0. The third-order valence-electron chi connectivity index (χ3n) is 9.59. The second kappa shape index (κ2) is 7.17. The molecule has 5 heterocycles. The fourth-order valence-electron chi connectivity index (χ4n) is 7.83. The third kappa shape index (κ3) is 2.87. The van der Waals surface area contributed by atoms with Gasteiger partial charge in [0.2, 0.25) is 0 Å². The molecule has 8 heteroatoms. The van der Waals surface area contributed by atoms with Crippen molar-refractivity contribution in [3.63, 3.8) is 0 Å². The van der Waals surface area contributed by atoms with Crippen LogP contribution in [0.2, 0.25) is 0 Å². The Bertz CT molecular complexity index is 1030. The number of Topliss-reactive ketones (excluding diaryl/α,β-unsaturated/α-hetero) is 1. The largest absolute Gasteiger partial charge is 0.472 e. The van der Waals surface area contributed by atoms with Crippen molar-refractivity contribution in [2.75, 3.05) is 6.61 Å². The van der Waals surface area contributed by atoms with Gasteiger partial charge in [-0.1, -0.05) is 6.92 Å². The number of hydrogen-bond acceptors (Lipinski definition) is 8. The minimum atomic E-state index is -0.881. The average Bonchev–Trinajstić information content (AvgIpc) is 3.35. The van der Waals surface area contributed by atoms with Crippen molar-refractivity contribution in [3.8, 4) is 0 Å². The van der Waals surface area contributed by atoms with Crippen molar-refractivity contribution in [2.24, 2.45) is 28.6 Å². The minimum absolute atomic E-state index is 0.00657. The molecule has 0 radical (unpaired) electrons. The fourth-order valence-corrected chi connectivity index (χ4v) is 7.83. The first kappa shape index (κ1) is 22.3. The molecule has 1 saturated carbocycles. The molecule has 5 aliphatic rings. The molecule has 9 atom stereocenters. The van der Waals surface area contributed by atoms with Gasteiger partial charge >= 0.3 is 11.9 Å². The first-order valence-electron chi connectivity index (χ1n) is 12.3. The zero-order valence-corrected chi connectivity index (χ0v) is 20.1. The van der Waals surface area contributed by atoms with Crippen molar-refractivity contribution in [1.82, 2.24) is 0 Å². The highest BCUT2D eigenvalue weighted by molar-refractivity contribution is 5.90. The minimum Gasteiger partial charge on any atom is -0.472 e. The van der Waals surface area contributed by atoms with Crippen LogP contribution in [0.15, 0.2) is 23.0 Å². The van der Waals surface area contributed by atoms with Crippen LogP contribution in [0.4, 0.5) is 0 Å². The Morgan fingerprint density at radius 1 is 1.00 bits per heavy atom. The molecular weight excluding hydrogens is 440 g/mol. The van der Waals surface area contributed by atoms with Gasteiger partial charge < -0.3 is 23.4 Å².